The van der Waals surface area contributed by atoms with Crippen LogP contribution in [0.4, 0.5) is 0 Å². The molecule has 3 rings (SSSR count). The van der Waals surface area contributed by atoms with Crippen LogP contribution in [0.3, 0.4) is 0 Å². The number of benzene rings is 2. The zero-order valence-electron chi connectivity index (χ0n) is 11.5. The maximum absolute atomic E-state index is 12.3. The van der Waals surface area contributed by atoms with Gasteiger partial charge in [-0.05, 0) is 36.1 Å². The molecule has 1 N–H and O–H groups in total. The first-order valence-corrected chi connectivity index (χ1v) is 7.24. The van der Waals surface area contributed by atoms with E-state index in [2.05, 4.69) is 29.6 Å². The Hall–Kier alpha value is -1.93. The molecule has 0 aliphatic carbocycles. The number of carbonyl (C=O) groups is 1. The van der Waals surface area contributed by atoms with Crippen LogP contribution in [-0.2, 0) is 11.2 Å². The molecule has 0 radical (unpaired) electrons. The summed E-state index contributed by atoms with van der Waals surface area (Å²) in [5.41, 5.74) is 3.46. The summed E-state index contributed by atoms with van der Waals surface area (Å²) in [7, 11) is 0. The molecule has 1 fully saturated rings. The Morgan fingerprint density at radius 2 is 1.80 bits per heavy atom. The third-order valence-corrected chi connectivity index (χ3v) is 3.92. The van der Waals surface area contributed by atoms with Crippen LogP contribution in [0.2, 0.25) is 0 Å². The van der Waals surface area contributed by atoms with Gasteiger partial charge in [0.2, 0.25) is 0 Å². The predicted molar refractivity (Wildman–Crippen MR) is 81.6 cm³/mol. The van der Waals surface area contributed by atoms with Crippen molar-refractivity contribution in [2.45, 2.75) is 25.3 Å². The van der Waals surface area contributed by atoms with E-state index in [1.54, 1.807) is 0 Å². The van der Waals surface area contributed by atoms with Crippen molar-refractivity contribution in [2.75, 3.05) is 6.54 Å². The summed E-state index contributed by atoms with van der Waals surface area (Å²) < 4.78 is 0. The fraction of sp³-hybridized carbons (Fsp3) is 0.278. The van der Waals surface area contributed by atoms with Crippen molar-refractivity contribution in [1.82, 2.24) is 5.32 Å². The molecule has 2 aromatic rings. The molecule has 0 spiro atoms. The van der Waals surface area contributed by atoms with Crippen molar-refractivity contribution in [3.05, 3.63) is 60.2 Å². The van der Waals surface area contributed by atoms with Gasteiger partial charge in [-0.1, -0.05) is 54.6 Å². The number of carbonyl (C=O) groups excluding carboxylic acids is 1. The highest BCUT2D eigenvalue weighted by atomic mass is 16.1. The summed E-state index contributed by atoms with van der Waals surface area (Å²) in [4.78, 5) is 12.3. The van der Waals surface area contributed by atoms with Gasteiger partial charge in [0, 0.05) is 6.42 Å². The summed E-state index contributed by atoms with van der Waals surface area (Å²) >= 11 is 0. The standard InChI is InChI=1S/C18H19NO/c20-18(17-11-6-12-19-17)13-15-9-4-5-10-16(15)14-7-2-1-3-8-14/h1-5,7-10,17,19H,6,11-13H2. The van der Waals surface area contributed by atoms with Gasteiger partial charge >= 0.3 is 0 Å². The van der Waals surface area contributed by atoms with Crippen LogP contribution in [-0.4, -0.2) is 18.4 Å². The lowest BCUT2D eigenvalue weighted by Crippen LogP contribution is -2.32. The molecule has 1 heterocycles. The highest BCUT2D eigenvalue weighted by molar-refractivity contribution is 5.88. The van der Waals surface area contributed by atoms with Crippen LogP contribution >= 0.6 is 0 Å². The quantitative estimate of drug-likeness (QED) is 0.919. The Balaban J connectivity index is 1.85. The molecule has 1 atom stereocenters. The lowest BCUT2D eigenvalue weighted by Gasteiger charge is -2.12. The second kappa shape index (κ2) is 6.02. The normalized spacial score (nSPS) is 18.1. The van der Waals surface area contributed by atoms with Gasteiger partial charge in [0.25, 0.3) is 0 Å². The Labute approximate surface area is 119 Å². The summed E-state index contributed by atoms with van der Waals surface area (Å²) in [5.74, 6) is 0.311. The fourth-order valence-corrected chi connectivity index (χ4v) is 2.84. The molecular formula is C18H19NO. The largest absolute Gasteiger partial charge is 0.307 e. The van der Waals surface area contributed by atoms with Gasteiger partial charge in [-0.3, -0.25) is 4.79 Å². The molecule has 2 aromatic carbocycles. The van der Waals surface area contributed by atoms with Gasteiger partial charge < -0.3 is 5.32 Å². The van der Waals surface area contributed by atoms with Crippen LogP contribution < -0.4 is 5.32 Å². The summed E-state index contributed by atoms with van der Waals surface area (Å²) in [6, 6.07) is 18.5. The maximum Gasteiger partial charge on any atom is 0.154 e. The van der Waals surface area contributed by atoms with Gasteiger partial charge in [0.1, 0.15) is 0 Å². The molecule has 0 bridgehead atoms. The number of hydrogen-bond acceptors (Lipinski definition) is 2. The first kappa shape index (κ1) is 13.1. The van der Waals surface area contributed by atoms with Gasteiger partial charge in [-0.25, -0.2) is 0 Å². The minimum absolute atomic E-state index is 0.0545. The van der Waals surface area contributed by atoms with Crippen molar-refractivity contribution in [1.29, 1.82) is 0 Å². The van der Waals surface area contributed by atoms with E-state index in [-0.39, 0.29) is 6.04 Å². The highest BCUT2D eigenvalue weighted by Gasteiger charge is 2.22. The molecule has 1 unspecified atom stereocenters. The molecule has 1 aliphatic rings. The zero-order chi connectivity index (χ0) is 13.8. The van der Waals surface area contributed by atoms with E-state index in [1.165, 1.54) is 11.1 Å². The first-order chi connectivity index (χ1) is 9.84. The van der Waals surface area contributed by atoms with Gasteiger partial charge in [-0.2, -0.15) is 0 Å². The van der Waals surface area contributed by atoms with E-state index >= 15 is 0 Å². The lowest BCUT2D eigenvalue weighted by atomic mass is 9.94. The first-order valence-electron chi connectivity index (χ1n) is 7.24. The minimum atomic E-state index is 0.0545. The minimum Gasteiger partial charge on any atom is -0.307 e. The molecule has 2 heteroatoms. The van der Waals surface area contributed by atoms with Gasteiger partial charge in [0.15, 0.2) is 5.78 Å². The van der Waals surface area contributed by atoms with E-state index in [4.69, 9.17) is 0 Å². The van der Waals surface area contributed by atoms with E-state index in [1.807, 2.05) is 30.3 Å². The van der Waals surface area contributed by atoms with Crippen LogP contribution in [0.5, 0.6) is 0 Å². The summed E-state index contributed by atoms with van der Waals surface area (Å²) in [5, 5.41) is 3.29. The average molecular weight is 265 g/mol. The molecule has 20 heavy (non-hydrogen) atoms. The Bertz CT molecular complexity index is 585. The Morgan fingerprint density at radius 1 is 1.05 bits per heavy atom. The molecular weight excluding hydrogens is 246 g/mol. The second-order valence-electron chi connectivity index (χ2n) is 5.32. The third-order valence-electron chi connectivity index (χ3n) is 3.92. The smallest absolute Gasteiger partial charge is 0.154 e. The van der Waals surface area contributed by atoms with Gasteiger partial charge in [0.05, 0.1) is 6.04 Å². The fourth-order valence-electron chi connectivity index (χ4n) is 2.84. The van der Waals surface area contributed by atoms with Crippen LogP contribution in [0.15, 0.2) is 54.6 Å². The monoisotopic (exact) mass is 265 g/mol. The molecule has 0 amide bonds. The maximum atomic E-state index is 12.3. The molecule has 0 aromatic heterocycles. The highest BCUT2D eigenvalue weighted by Crippen LogP contribution is 2.24. The van der Waals surface area contributed by atoms with Crippen molar-refractivity contribution in [2.24, 2.45) is 0 Å². The van der Waals surface area contributed by atoms with Crippen LogP contribution in [0.1, 0.15) is 18.4 Å². The summed E-state index contributed by atoms with van der Waals surface area (Å²) in [6.07, 6.45) is 2.60. The van der Waals surface area contributed by atoms with Crippen LogP contribution in [0, 0.1) is 0 Å². The number of nitrogens with one attached hydrogen (secondary N) is 1. The number of rotatable bonds is 4. The van der Waals surface area contributed by atoms with Crippen molar-refractivity contribution in [3.8, 4) is 11.1 Å². The topological polar surface area (TPSA) is 29.1 Å². The number of hydrogen-bond donors (Lipinski definition) is 1. The zero-order valence-corrected chi connectivity index (χ0v) is 11.5. The van der Waals surface area contributed by atoms with Crippen LogP contribution in [0.25, 0.3) is 11.1 Å². The third kappa shape index (κ3) is 2.81. The molecule has 1 aliphatic heterocycles. The predicted octanol–water partition coefficient (Wildman–Crippen LogP) is 3.22. The van der Waals surface area contributed by atoms with E-state index in [0.29, 0.717) is 12.2 Å². The summed E-state index contributed by atoms with van der Waals surface area (Å²) in [6.45, 7) is 0.969. The molecule has 0 saturated carbocycles. The van der Waals surface area contributed by atoms with E-state index in [9.17, 15) is 4.79 Å². The second-order valence-corrected chi connectivity index (χ2v) is 5.32. The average Bonchev–Trinajstić information content (AvgIpc) is 3.03. The molecule has 102 valence electrons. The Morgan fingerprint density at radius 3 is 2.55 bits per heavy atom. The Kier molecular flexibility index (Phi) is 3.93. The van der Waals surface area contributed by atoms with E-state index < -0.39 is 0 Å². The number of Topliss-reactive ketones (excluding diaryl/α,β-unsaturated/α-hetero) is 1. The lowest BCUT2D eigenvalue weighted by molar-refractivity contribution is -0.120. The SMILES string of the molecule is O=C(Cc1ccccc1-c1ccccc1)C1CCCN1. The van der Waals surface area contributed by atoms with Crippen molar-refractivity contribution in [3.63, 3.8) is 0 Å². The van der Waals surface area contributed by atoms with Crippen molar-refractivity contribution >= 4 is 5.78 Å². The van der Waals surface area contributed by atoms with Gasteiger partial charge in [-0.15, -0.1) is 0 Å². The molecule has 1 saturated heterocycles. The number of ketones is 1. The van der Waals surface area contributed by atoms with E-state index in [0.717, 1.165) is 24.9 Å². The molecule has 2 nitrogen and oxygen atoms in total. The van der Waals surface area contributed by atoms with Crippen molar-refractivity contribution < 1.29 is 4.79 Å².